The highest BCUT2D eigenvalue weighted by Crippen LogP contribution is 2.43. The van der Waals surface area contributed by atoms with E-state index in [9.17, 15) is 33.3 Å². The maximum absolute atomic E-state index is 13.3. The first-order valence-electron chi connectivity index (χ1n) is 14.9. The fourth-order valence-electron chi connectivity index (χ4n) is 5.78. The van der Waals surface area contributed by atoms with Gasteiger partial charge in [-0.05, 0) is 20.8 Å². The van der Waals surface area contributed by atoms with E-state index in [1.807, 2.05) is 0 Å². The topological polar surface area (TPSA) is 238 Å². The van der Waals surface area contributed by atoms with Crippen molar-refractivity contribution in [2.24, 2.45) is 4.99 Å². The molecule has 2 aromatic rings. The van der Waals surface area contributed by atoms with Crippen LogP contribution in [0.25, 0.3) is 11.2 Å². The molecule has 3 saturated heterocycles. The maximum Gasteiger partial charge on any atom is 0.285 e. The predicted molar refractivity (Wildman–Crippen MR) is 162 cm³/mol. The van der Waals surface area contributed by atoms with Gasteiger partial charge in [-0.25, -0.2) is 18.4 Å². The lowest BCUT2D eigenvalue weighted by Gasteiger charge is -2.39. The zero-order valence-electron chi connectivity index (χ0n) is 26.8. The first-order valence-corrected chi connectivity index (χ1v) is 16.7. The lowest BCUT2D eigenvalue weighted by atomic mass is 9.96. The smallest absolute Gasteiger partial charge is 0.285 e. The summed E-state index contributed by atoms with van der Waals surface area (Å²) in [6, 6.07) is 0. The zero-order chi connectivity index (χ0) is 34.4. The highest BCUT2D eigenvalue weighted by Gasteiger charge is 2.56. The number of sulfone groups is 1. The van der Waals surface area contributed by atoms with Gasteiger partial charge in [-0.2, -0.15) is 4.98 Å². The molecule has 1 amide bonds. The highest BCUT2D eigenvalue weighted by molar-refractivity contribution is 7.92. The Morgan fingerprint density at radius 1 is 1.15 bits per heavy atom. The molecular formula is C27H41N7O12S. The van der Waals surface area contributed by atoms with Crippen LogP contribution in [-0.4, -0.2) is 154 Å². The number of hydrogen-bond donors (Lipinski definition) is 4. The SMILES string of the molecule is COCn1c(/N=C/N(C)C)nc2c(ncn2[C@@H]2O[C@H](CNC(=O)CS(=O)(=O)C[C@H]3O[C@@H](C)[C@@H](O)[C@@H](O)[C@@H]3O)[C@H]3OC(C)(C)O[C@H]32)c1=O. The Morgan fingerprint density at radius 2 is 1.85 bits per heavy atom. The number of rotatable bonds is 11. The third-order valence-corrected chi connectivity index (χ3v) is 9.48. The Kier molecular flexibility index (Phi) is 10.1. The Morgan fingerprint density at radius 3 is 2.53 bits per heavy atom. The second-order valence-corrected chi connectivity index (χ2v) is 14.5. The van der Waals surface area contributed by atoms with Crippen molar-refractivity contribution in [3.8, 4) is 0 Å². The van der Waals surface area contributed by atoms with E-state index in [-0.39, 0.29) is 30.4 Å². The van der Waals surface area contributed by atoms with Gasteiger partial charge in [-0.1, -0.05) is 0 Å². The number of aliphatic hydroxyl groups is 3. The third-order valence-electron chi connectivity index (χ3n) is 7.95. The zero-order valence-corrected chi connectivity index (χ0v) is 27.6. The van der Waals surface area contributed by atoms with Crippen molar-refractivity contribution >= 4 is 39.2 Å². The lowest BCUT2D eigenvalue weighted by molar-refractivity contribution is -0.210. The number of nitrogens with one attached hydrogen (secondary N) is 1. The average molecular weight is 688 g/mol. The highest BCUT2D eigenvalue weighted by atomic mass is 32.2. The van der Waals surface area contributed by atoms with Gasteiger partial charge in [0.05, 0.1) is 24.5 Å². The van der Waals surface area contributed by atoms with Crippen LogP contribution in [0.2, 0.25) is 0 Å². The maximum atomic E-state index is 13.3. The summed E-state index contributed by atoms with van der Waals surface area (Å²) < 4.78 is 57.4. The van der Waals surface area contributed by atoms with E-state index in [0.717, 1.165) is 0 Å². The van der Waals surface area contributed by atoms with Gasteiger partial charge in [0.25, 0.3) is 5.56 Å². The average Bonchev–Trinajstić information content (AvgIpc) is 3.64. The molecule has 3 fully saturated rings. The Hall–Kier alpha value is -3.08. The van der Waals surface area contributed by atoms with E-state index in [1.165, 1.54) is 35.8 Å². The molecule has 0 aromatic carbocycles. The molecule has 5 rings (SSSR count). The van der Waals surface area contributed by atoms with Crippen molar-refractivity contribution < 1.29 is 52.2 Å². The molecule has 2 aromatic heterocycles. The number of amides is 1. The van der Waals surface area contributed by atoms with Crippen LogP contribution in [0.4, 0.5) is 5.95 Å². The molecule has 262 valence electrons. The molecule has 0 aliphatic carbocycles. The van der Waals surface area contributed by atoms with Gasteiger partial charge in [0.2, 0.25) is 11.9 Å². The molecule has 3 aliphatic rings. The molecule has 3 aliphatic heterocycles. The van der Waals surface area contributed by atoms with Gasteiger partial charge in [0, 0.05) is 27.7 Å². The van der Waals surface area contributed by atoms with Crippen LogP contribution in [0.5, 0.6) is 0 Å². The quantitative estimate of drug-likeness (QED) is 0.138. The minimum Gasteiger partial charge on any atom is -0.388 e. The van der Waals surface area contributed by atoms with E-state index in [1.54, 1.807) is 32.8 Å². The molecule has 20 heteroatoms. The largest absolute Gasteiger partial charge is 0.388 e. The minimum absolute atomic E-state index is 0.0367. The van der Waals surface area contributed by atoms with Crippen molar-refractivity contribution in [3.05, 3.63) is 16.7 Å². The van der Waals surface area contributed by atoms with E-state index in [0.29, 0.717) is 0 Å². The van der Waals surface area contributed by atoms with Crippen molar-refractivity contribution in [1.29, 1.82) is 0 Å². The van der Waals surface area contributed by atoms with Crippen LogP contribution in [0, 0.1) is 0 Å². The van der Waals surface area contributed by atoms with Gasteiger partial charge < -0.3 is 49.2 Å². The van der Waals surface area contributed by atoms with Gasteiger partial charge in [-0.15, -0.1) is 0 Å². The normalized spacial score (nSPS) is 32.2. The van der Waals surface area contributed by atoms with Gasteiger partial charge in [0.1, 0.15) is 55.2 Å². The number of carbonyl (C=O) groups excluding carboxylic acids is 1. The van der Waals surface area contributed by atoms with Crippen molar-refractivity contribution in [2.75, 3.05) is 39.3 Å². The van der Waals surface area contributed by atoms with Crippen LogP contribution in [0.3, 0.4) is 0 Å². The number of ether oxygens (including phenoxy) is 5. The summed E-state index contributed by atoms with van der Waals surface area (Å²) in [5.74, 6) is -3.49. The second-order valence-electron chi connectivity index (χ2n) is 12.4. The molecule has 9 atom stereocenters. The van der Waals surface area contributed by atoms with Crippen LogP contribution >= 0.6 is 0 Å². The lowest BCUT2D eigenvalue weighted by Crippen LogP contribution is -2.58. The number of aliphatic imine (C=N–C) groups is 1. The summed E-state index contributed by atoms with van der Waals surface area (Å²) in [4.78, 5) is 41.0. The van der Waals surface area contributed by atoms with E-state index in [2.05, 4.69) is 20.3 Å². The Balaban J connectivity index is 1.32. The van der Waals surface area contributed by atoms with Gasteiger partial charge in [0.15, 0.2) is 33.0 Å². The molecular weight excluding hydrogens is 646 g/mol. The number of imidazole rings is 1. The van der Waals surface area contributed by atoms with E-state index >= 15 is 0 Å². The van der Waals surface area contributed by atoms with Gasteiger partial charge in [-0.3, -0.25) is 18.7 Å². The number of nitrogens with zero attached hydrogens (tertiary/aromatic N) is 6. The number of fused-ring (bicyclic) bond motifs is 2. The van der Waals surface area contributed by atoms with Crippen LogP contribution in [0.1, 0.15) is 27.0 Å². The monoisotopic (exact) mass is 687 g/mol. The van der Waals surface area contributed by atoms with Gasteiger partial charge >= 0.3 is 0 Å². The fourth-order valence-corrected chi connectivity index (χ4v) is 7.18. The van der Waals surface area contributed by atoms with Crippen molar-refractivity contribution in [1.82, 2.24) is 29.3 Å². The first kappa shape index (κ1) is 35.2. The number of carbonyl (C=O) groups is 1. The summed E-state index contributed by atoms with van der Waals surface area (Å²) in [6.45, 7) is 4.59. The summed E-state index contributed by atoms with van der Waals surface area (Å²) in [6.07, 6.45) is -7.17. The second kappa shape index (κ2) is 13.4. The number of hydrogen-bond acceptors (Lipinski definition) is 15. The number of aromatic nitrogens is 4. The summed E-state index contributed by atoms with van der Waals surface area (Å²) in [5.41, 5.74) is -0.286. The number of aliphatic hydroxyl groups excluding tert-OH is 3. The van der Waals surface area contributed by atoms with Crippen molar-refractivity contribution in [3.63, 3.8) is 0 Å². The third kappa shape index (κ3) is 7.34. The minimum atomic E-state index is -4.12. The van der Waals surface area contributed by atoms with Crippen LogP contribution in [-0.2, 0) is 45.0 Å². The van der Waals surface area contributed by atoms with E-state index < -0.39 is 93.7 Å². The summed E-state index contributed by atoms with van der Waals surface area (Å²) >= 11 is 0. The molecule has 47 heavy (non-hydrogen) atoms. The molecule has 0 radical (unpaired) electrons. The van der Waals surface area contributed by atoms with Crippen LogP contribution < -0.4 is 10.9 Å². The molecule has 19 nitrogen and oxygen atoms in total. The summed E-state index contributed by atoms with van der Waals surface area (Å²) in [5, 5.41) is 32.6. The van der Waals surface area contributed by atoms with E-state index in [4.69, 9.17) is 23.7 Å². The molecule has 4 N–H and O–H groups in total. The number of methoxy groups -OCH3 is 1. The molecule has 0 unspecified atom stereocenters. The summed E-state index contributed by atoms with van der Waals surface area (Å²) in [7, 11) is 0.839. The Bertz CT molecular complexity index is 1660. The molecule has 0 spiro atoms. The fraction of sp³-hybridized carbons (Fsp3) is 0.741. The first-order chi connectivity index (χ1) is 22.0. The van der Waals surface area contributed by atoms with Crippen LogP contribution in [0.15, 0.2) is 16.1 Å². The Labute approximate surface area is 270 Å². The predicted octanol–water partition coefficient (Wildman–Crippen LogP) is -2.76. The molecule has 0 saturated carbocycles. The molecule has 5 heterocycles. The standard InChI is InChI=1S/C27H41N7O12S/c1-13-18(36)20(38)19(37)15(43-13)8-47(40,41)9-16(35)28-7-14-21-22(46-27(2,3)45-21)25(44-14)33-11-29-17-23(33)31-26(30-10-32(4)5)34(12-42-6)24(17)39/h10-11,13-15,18-22,25,36-38H,7-9,12H2,1-6H3,(H,28,35)/b30-10+/t13-,14+,15+,18+,19+,20+,21+,22+,25+/m0/s1. The van der Waals surface area contributed by atoms with Crippen molar-refractivity contribution in [2.45, 2.75) is 88.3 Å². The molecule has 0 bridgehead atoms.